The van der Waals surface area contributed by atoms with E-state index in [0.29, 0.717) is 18.5 Å². The van der Waals surface area contributed by atoms with Crippen molar-refractivity contribution < 1.29 is 9.90 Å². The standard InChI is InChI=1S/C10H14N2O2.ClH/c11-6-5-8(10(12)14)7-3-1-2-4-9(7)13;/h1-4,8,13H,5-6,11H2,(H2,12,14);1H. The first-order valence-electron chi connectivity index (χ1n) is 4.44. The van der Waals surface area contributed by atoms with Gasteiger partial charge in [0.1, 0.15) is 5.75 Å². The van der Waals surface area contributed by atoms with Crippen LogP contribution < -0.4 is 11.5 Å². The van der Waals surface area contributed by atoms with Crippen LogP contribution in [0.4, 0.5) is 0 Å². The lowest BCUT2D eigenvalue weighted by molar-refractivity contribution is -0.119. The third-order valence-corrected chi connectivity index (χ3v) is 2.11. The normalized spacial score (nSPS) is 11.5. The Morgan fingerprint density at radius 1 is 1.40 bits per heavy atom. The van der Waals surface area contributed by atoms with Crippen molar-refractivity contribution in [2.45, 2.75) is 12.3 Å². The fourth-order valence-electron chi connectivity index (χ4n) is 1.40. The number of carbonyl (C=O) groups is 1. The van der Waals surface area contributed by atoms with Gasteiger partial charge in [-0.3, -0.25) is 4.79 Å². The summed E-state index contributed by atoms with van der Waals surface area (Å²) in [5, 5.41) is 9.51. The molecule has 1 amide bonds. The number of phenolic OH excluding ortho intramolecular Hbond substituents is 1. The number of halogens is 1. The van der Waals surface area contributed by atoms with Gasteiger partial charge < -0.3 is 16.6 Å². The molecule has 0 fully saturated rings. The summed E-state index contributed by atoms with van der Waals surface area (Å²) in [5.74, 6) is -0.872. The van der Waals surface area contributed by atoms with Crippen LogP contribution in [0.5, 0.6) is 5.75 Å². The van der Waals surface area contributed by atoms with Crippen LogP contribution in [0.3, 0.4) is 0 Å². The summed E-state index contributed by atoms with van der Waals surface area (Å²) in [6, 6.07) is 6.66. The molecule has 84 valence electrons. The van der Waals surface area contributed by atoms with E-state index in [0.717, 1.165) is 0 Å². The second-order valence-corrected chi connectivity index (χ2v) is 3.09. The lowest BCUT2D eigenvalue weighted by Gasteiger charge is -2.13. The van der Waals surface area contributed by atoms with Gasteiger partial charge >= 0.3 is 0 Å². The number of carbonyl (C=O) groups excluding carboxylic acids is 1. The number of amides is 1. The van der Waals surface area contributed by atoms with Crippen molar-refractivity contribution >= 4 is 18.3 Å². The van der Waals surface area contributed by atoms with Crippen LogP contribution in [0.25, 0.3) is 0 Å². The number of hydrogen-bond acceptors (Lipinski definition) is 3. The lowest BCUT2D eigenvalue weighted by Crippen LogP contribution is -2.23. The fraction of sp³-hybridized carbons (Fsp3) is 0.300. The topological polar surface area (TPSA) is 89.3 Å². The zero-order valence-corrected chi connectivity index (χ0v) is 9.04. The summed E-state index contributed by atoms with van der Waals surface area (Å²) >= 11 is 0. The fourth-order valence-corrected chi connectivity index (χ4v) is 1.40. The molecule has 0 radical (unpaired) electrons. The van der Waals surface area contributed by atoms with Gasteiger partial charge in [0.2, 0.25) is 5.91 Å². The van der Waals surface area contributed by atoms with Crippen LogP contribution >= 0.6 is 12.4 Å². The molecule has 0 saturated heterocycles. The second kappa shape index (κ2) is 6.27. The summed E-state index contributed by atoms with van der Waals surface area (Å²) in [7, 11) is 0. The van der Waals surface area contributed by atoms with E-state index in [9.17, 15) is 9.90 Å². The molecule has 5 N–H and O–H groups in total. The van der Waals surface area contributed by atoms with Crippen molar-refractivity contribution in [3.63, 3.8) is 0 Å². The molecule has 15 heavy (non-hydrogen) atoms. The van der Waals surface area contributed by atoms with E-state index in [4.69, 9.17) is 11.5 Å². The van der Waals surface area contributed by atoms with Gasteiger partial charge in [-0.1, -0.05) is 18.2 Å². The highest BCUT2D eigenvalue weighted by atomic mass is 35.5. The molecule has 0 heterocycles. The monoisotopic (exact) mass is 230 g/mol. The van der Waals surface area contributed by atoms with Gasteiger partial charge in [-0.05, 0) is 19.0 Å². The Morgan fingerprint density at radius 2 is 2.00 bits per heavy atom. The van der Waals surface area contributed by atoms with E-state index in [2.05, 4.69) is 0 Å². The number of nitrogens with two attached hydrogens (primary N) is 2. The van der Waals surface area contributed by atoms with Crippen LogP contribution in [0.1, 0.15) is 17.9 Å². The van der Waals surface area contributed by atoms with E-state index in [-0.39, 0.29) is 18.2 Å². The maximum absolute atomic E-state index is 11.1. The quantitative estimate of drug-likeness (QED) is 0.713. The van der Waals surface area contributed by atoms with Gasteiger partial charge in [-0.25, -0.2) is 0 Å². The van der Waals surface area contributed by atoms with Crippen molar-refractivity contribution in [3.05, 3.63) is 29.8 Å². The van der Waals surface area contributed by atoms with E-state index < -0.39 is 11.8 Å². The third kappa shape index (κ3) is 3.42. The molecule has 0 aliphatic carbocycles. The van der Waals surface area contributed by atoms with Gasteiger partial charge in [-0.2, -0.15) is 0 Å². The van der Waals surface area contributed by atoms with Gasteiger partial charge in [0, 0.05) is 5.56 Å². The number of aromatic hydroxyl groups is 1. The van der Waals surface area contributed by atoms with Crippen molar-refractivity contribution in [1.82, 2.24) is 0 Å². The molecule has 5 heteroatoms. The molecule has 1 aromatic carbocycles. The van der Waals surface area contributed by atoms with Gasteiger partial charge in [0.05, 0.1) is 5.92 Å². The maximum Gasteiger partial charge on any atom is 0.225 e. The van der Waals surface area contributed by atoms with E-state index in [1.54, 1.807) is 18.2 Å². The van der Waals surface area contributed by atoms with E-state index >= 15 is 0 Å². The minimum absolute atomic E-state index is 0. The largest absolute Gasteiger partial charge is 0.508 e. The highest BCUT2D eigenvalue weighted by Crippen LogP contribution is 2.27. The number of primary amides is 1. The summed E-state index contributed by atoms with van der Waals surface area (Å²) in [6.45, 7) is 0.363. The first-order valence-corrected chi connectivity index (χ1v) is 4.44. The van der Waals surface area contributed by atoms with E-state index in [1.165, 1.54) is 6.07 Å². The number of hydrogen-bond donors (Lipinski definition) is 3. The van der Waals surface area contributed by atoms with Crippen LogP contribution in [-0.4, -0.2) is 17.6 Å². The van der Waals surface area contributed by atoms with Crippen LogP contribution in [0.2, 0.25) is 0 Å². The van der Waals surface area contributed by atoms with Crippen LogP contribution in [0.15, 0.2) is 24.3 Å². The summed E-state index contributed by atoms with van der Waals surface area (Å²) < 4.78 is 0. The molecule has 0 bridgehead atoms. The average Bonchev–Trinajstić information content (AvgIpc) is 2.15. The summed E-state index contributed by atoms with van der Waals surface area (Å²) in [6.07, 6.45) is 0.451. The predicted octanol–water partition coefficient (Wildman–Crippen LogP) is 0.732. The van der Waals surface area contributed by atoms with Crippen molar-refractivity contribution in [2.75, 3.05) is 6.54 Å². The second-order valence-electron chi connectivity index (χ2n) is 3.09. The maximum atomic E-state index is 11.1. The Morgan fingerprint density at radius 3 is 2.47 bits per heavy atom. The van der Waals surface area contributed by atoms with Gasteiger partial charge in [-0.15, -0.1) is 12.4 Å². The predicted molar refractivity (Wildman–Crippen MR) is 61.0 cm³/mol. The molecule has 0 aromatic heterocycles. The first kappa shape index (κ1) is 13.7. The Bertz CT molecular complexity index is 331. The Kier molecular flexibility index (Phi) is 5.74. The first-order chi connectivity index (χ1) is 6.66. The van der Waals surface area contributed by atoms with Crippen molar-refractivity contribution in [1.29, 1.82) is 0 Å². The third-order valence-electron chi connectivity index (χ3n) is 2.11. The lowest BCUT2D eigenvalue weighted by atomic mass is 9.94. The minimum atomic E-state index is -0.499. The summed E-state index contributed by atoms with van der Waals surface area (Å²) in [4.78, 5) is 11.1. The minimum Gasteiger partial charge on any atom is -0.508 e. The zero-order chi connectivity index (χ0) is 10.6. The smallest absolute Gasteiger partial charge is 0.225 e. The van der Waals surface area contributed by atoms with Crippen molar-refractivity contribution in [3.8, 4) is 5.75 Å². The molecule has 1 unspecified atom stereocenters. The van der Waals surface area contributed by atoms with Crippen molar-refractivity contribution in [2.24, 2.45) is 11.5 Å². The SMILES string of the molecule is Cl.NCCC(C(N)=O)c1ccccc1O. The van der Waals surface area contributed by atoms with Crippen LogP contribution in [-0.2, 0) is 4.79 Å². The molecule has 0 spiro atoms. The Labute approximate surface area is 94.7 Å². The molecule has 4 nitrogen and oxygen atoms in total. The van der Waals surface area contributed by atoms with Gasteiger partial charge in [0.15, 0.2) is 0 Å². The number of benzene rings is 1. The van der Waals surface area contributed by atoms with Gasteiger partial charge in [0.25, 0.3) is 0 Å². The average molecular weight is 231 g/mol. The molecular weight excluding hydrogens is 216 g/mol. The highest BCUT2D eigenvalue weighted by Gasteiger charge is 2.19. The Hall–Kier alpha value is -1.26. The number of para-hydroxylation sites is 1. The van der Waals surface area contributed by atoms with E-state index in [1.807, 2.05) is 0 Å². The molecular formula is C10H15ClN2O2. The Balaban J connectivity index is 0.00000196. The molecule has 0 saturated carbocycles. The zero-order valence-electron chi connectivity index (χ0n) is 8.22. The molecule has 0 aliphatic heterocycles. The molecule has 1 atom stereocenters. The summed E-state index contributed by atoms with van der Waals surface area (Å²) in [5.41, 5.74) is 11.1. The molecule has 1 aromatic rings. The number of rotatable bonds is 4. The highest BCUT2D eigenvalue weighted by molar-refractivity contribution is 5.85. The molecule has 1 rings (SSSR count). The van der Waals surface area contributed by atoms with Crippen LogP contribution in [0, 0.1) is 0 Å². The number of phenols is 1. The molecule has 0 aliphatic rings.